The molecule has 0 aromatic carbocycles. The first-order chi connectivity index (χ1) is 8.00. The molecule has 0 amide bonds. The Morgan fingerprint density at radius 3 is 2.88 bits per heavy atom. The van der Waals surface area contributed by atoms with E-state index >= 15 is 0 Å². The lowest BCUT2D eigenvalue weighted by Gasteiger charge is -2.03. The summed E-state index contributed by atoms with van der Waals surface area (Å²) < 4.78 is 31.6. The molecule has 0 fully saturated rings. The second-order valence-corrected chi connectivity index (χ2v) is 5.45. The molecule has 5 nitrogen and oxygen atoms in total. The van der Waals surface area contributed by atoms with Crippen LogP contribution >= 0.6 is 0 Å². The third-order valence-electron chi connectivity index (χ3n) is 2.29. The molecule has 0 saturated heterocycles. The van der Waals surface area contributed by atoms with Gasteiger partial charge in [-0.15, -0.1) is 6.58 Å². The van der Waals surface area contributed by atoms with Crippen molar-refractivity contribution < 1.29 is 17.2 Å². The molecule has 17 heavy (non-hydrogen) atoms. The van der Waals surface area contributed by atoms with Gasteiger partial charge in [0.15, 0.2) is 0 Å². The number of hydrogen-bond donors (Lipinski definition) is 0. The van der Waals surface area contributed by atoms with Crippen LogP contribution in [-0.2, 0) is 23.7 Å². The van der Waals surface area contributed by atoms with Crippen LogP contribution in [0.5, 0.6) is 6.01 Å². The first kappa shape index (κ1) is 13.8. The van der Waals surface area contributed by atoms with E-state index in [4.69, 9.17) is 4.18 Å². The highest BCUT2D eigenvalue weighted by molar-refractivity contribution is 7.87. The zero-order valence-corrected chi connectivity index (χ0v) is 11.1. The van der Waals surface area contributed by atoms with Gasteiger partial charge in [0, 0.05) is 0 Å². The summed E-state index contributed by atoms with van der Waals surface area (Å²) in [4.78, 5) is 0. The maximum absolute atomic E-state index is 11.6. The van der Waals surface area contributed by atoms with Crippen molar-refractivity contribution in [3.8, 4) is 6.01 Å². The van der Waals surface area contributed by atoms with Crippen molar-refractivity contribution in [2.45, 2.75) is 26.3 Å². The molecule has 1 rings (SSSR count). The lowest BCUT2D eigenvalue weighted by Crippen LogP contribution is -2.31. The van der Waals surface area contributed by atoms with Crippen LogP contribution in [0.1, 0.15) is 19.8 Å². The van der Waals surface area contributed by atoms with Gasteiger partial charge in [0.1, 0.15) is 18.1 Å². The Morgan fingerprint density at radius 2 is 2.29 bits per heavy atom. The van der Waals surface area contributed by atoms with Gasteiger partial charge >= 0.3 is 16.1 Å². The van der Waals surface area contributed by atoms with E-state index in [9.17, 15) is 8.42 Å². The van der Waals surface area contributed by atoms with Gasteiger partial charge in [-0.25, -0.2) is 0 Å². The number of imidazole rings is 1. The van der Waals surface area contributed by atoms with Gasteiger partial charge in [-0.3, -0.25) is 0 Å². The van der Waals surface area contributed by atoms with Crippen molar-refractivity contribution in [2.75, 3.05) is 5.75 Å². The molecule has 0 saturated carbocycles. The van der Waals surface area contributed by atoms with Crippen LogP contribution in [0.2, 0.25) is 0 Å². The van der Waals surface area contributed by atoms with Gasteiger partial charge in [0.2, 0.25) is 0 Å². The molecular weight excluding hydrogens is 240 g/mol. The van der Waals surface area contributed by atoms with Crippen LogP contribution in [0.3, 0.4) is 0 Å². The lowest BCUT2D eigenvalue weighted by molar-refractivity contribution is -0.674. The monoisotopic (exact) mass is 259 g/mol. The molecule has 0 atom stereocenters. The van der Waals surface area contributed by atoms with E-state index in [-0.39, 0.29) is 5.75 Å². The van der Waals surface area contributed by atoms with Crippen LogP contribution in [0.4, 0.5) is 0 Å². The summed E-state index contributed by atoms with van der Waals surface area (Å²) in [5, 5.41) is 0. The number of aromatic nitrogens is 2. The maximum atomic E-state index is 11.6. The highest BCUT2D eigenvalue weighted by Gasteiger charge is 2.22. The molecule has 96 valence electrons. The maximum Gasteiger partial charge on any atom is 0.471 e. The minimum atomic E-state index is -3.58. The minimum Gasteiger partial charge on any atom is -0.308 e. The molecule has 1 aromatic heterocycles. The van der Waals surface area contributed by atoms with Gasteiger partial charge < -0.3 is 4.18 Å². The quantitative estimate of drug-likeness (QED) is 0.417. The number of hydrogen-bond acceptors (Lipinski definition) is 3. The fourth-order valence-corrected chi connectivity index (χ4v) is 2.20. The van der Waals surface area contributed by atoms with E-state index in [0.717, 1.165) is 19.4 Å². The number of unbranched alkanes of at least 4 members (excludes halogenated alkanes) is 1. The number of nitrogens with zero attached hydrogens (tertiary/aromatic N) is 2. The average Bonchev–Trinajstić information content (AvgIpc) is 2.57. The van der Waals surface area contributed by atoms with E-state index in [1.807, 2.05) is 6.20 Å². The van der Waals surface area contributed by atoms with Gasteiger partial charge in [-0.05, 0) is 6.42 Å². The summed E-state index contributed by atoms with van der Waals surface area (Å²) in [6, 6.07) is 0.334. The second-order valence-electron chi connectivity index (χ2n) is 3.83. The van der Waals surface area contributed by atoms with E-state index in [0.29, 0.717) is 6.01 Å². The fraction of sp³-hybridized carbons (Fsp3) is 0.545. The van der Waals surface area contributed by atoms with Gasteiger partial charge in [0.25, 0.3) is 0 Å². The molecule has 1 aromatic rings. The van der Waals surface area contributed by atoms with Crippen molar-refractivity contribution in [2.24, 2.45) is 7.05 Å². The van der Waals surface area contributed by atoms with E-state index < -0.39 is 10.1 Å². The molecule has 0 aliphatic carbocycles. The predicted molar refractivity (Wildman–Crippen MR) is 65.1 cm³/mol. The third-order valence-corrected chi connectivity index (χ3v) is 3.34. The molecule has 0 aliphatic rings. The Kier molecular flexibility index (Phi) is 4.74. The van der Waals surface area contributed by atoms with Crippen LogP contribution in [0, 0.1) is 0 Å². The number of aryl methyl sites for hydroxylation is 2. The topological polar surface area (TPSA) is 52.2 Å². The van der Waals surface area contributed by atoms with Crippen molar-refractivity contribution in [1.82, 2.24) is 4.57 Å². The highest BCUT2D eigenvalue weighted by Crippen LogP contribution is 2.10. The first-order valence-corrected chi connectivity index (χ1v) is 7.15. The van der Waals surface area contributed by atoms with E-state index in [2.05, 4.69) is 13.5 Å². The van der Waals surface area contributed by atoms with Gasteiger partial charge in [-0.2, -0.15) is 17.6 Å². The predicted octanol–water partition coefficient (Wildman–Crippen LogP) is 1.01. The standard InChI is InChI=1S/C11H19N2O3S/c1-4-6-7-13-9-8-12(3)11(13)16-17(14,15)10-5-2/h5,8-9H,2,4,6-7,10H2,1,3H3/q+1. The Labute approximate surface area is 102 Å². The zero-order chi connectivity index (χ0) is 12.9. The molecule has 0 N–H and O–H groups in total. The molecule has 6 heteroatoms. The SMILES string of the molecule is C=CCS(=O)(=O)Oc1n(CCCC)cc[n+]1C. The molecule has 0 bridgehead atoms. The van der Waals surface area contributed by atoms with Crippen molar-refractivity contribution >= 4 is 10.1 Å². The summed E-state index contributed by atoms with van der Waals surface area (Å²) in [6.07, 6.45) is 6.92. The van der Waals surface area contributed by atoms with Crippen LogP contribution in [0.15, 0.2) is 25.0 Å². The van der Waals surface area contributed by atoms with E-state index in [1.165, 1.54) is 6.08 Å². The Balaban J connectivity index is 2.89. The second kappa shape index (κ2) is 5.86. The largest absolute Gasteiger partial charge is 0.471 e. The van der Waals surface area contributed by atoms with Crippen LogP contribution in [-0.4, -0.2) is 18.7 Å². The molecule has 1 heterocycles. The van der Waals surface area contributed by atoms with Crippen molar-refractivity contribution in [1.29, 1.82) is 0 Å². The molecule has 0 unspecified atom stereocenters. The number of rotatable bonds is 7. The van der Waals surface area contributed by atoms with Gasteiger partial charge in [-0.1, -0.05) is 19.4 Å². The van der Waals surface area contributed by atoms with Crippen LogP contribution < -0.4 is 8.75 Å². The molecule has 0 spiro atoms. The summed E-state index contributed by atoms with van der Waals surface area (Å²) in [5.74, 6) is -0.189. The first-order valence-electron chi connectivity index (χ1n) is 5.58. The Bertz CT molecular complexity index is 477. The third kappa shape index (κ3) is 3.89. The summed E-state index contributed by atoms with van der Waals surface area (Å²) in [7, 11) is -1.83. The van der Waals surface area contributed by atoms with E-state index in [1.54, 1.807) is 22.4 Å². The van der Waals surface area contributed by atoms with Gasteiger partial charge in [0.05, 0.1) is 13.6 Å². The smallest absolute Gasteiger partial charge is 0.308 e. The molecule has 0 aliphatic heterocycles. The van der Waals surface area contributed by atoms with Crippen LogP contribution in [0.25, 0.3) is 0 Å². The minimum absolute atomic E-state index is 0.189. The zero-order valence-electron chi connectivity index (χ0n) is 10.3. The Morgan fingerprint density at radius 1 is 1.59 bits per heavy atom. The Hall–Kier alpha value is -1.30. The lowest BCUT2D eigenvalue weighted by atomic mass is 10.3. The van der Waals surface area contributed by atoms with Crippen molar-refractivity contribution in [3.63, 3.8) is 0 Å². The fourth-order valence-electron chi connectivity index (χ4n) is 1.41. The normalized spacial score (nSPS) is 11.4. The molecular formula is C11H19N2O3S+. The average molecular weight is 259 g/mol. The van der Waals surface area contributed by atoms with Crippen molar-refractivity contribution in [3.05, 3.63) is 25.0 Å². The summed E-state index contributed by atoms with van der Waals surface area (Å²) >= 11 is 0. The highest BCUT2D eigenvalue weighted by atomic mass is 32.2. The summed E-state index contributed by atoms with van der Waals surface area (Å²) in [6.45, 7) is 6.22. The summed E-state index contributed by atoms with van der Waals surface area (Å²) in [5.41, 5.74) is 0. The molecule has 0 radical (unpaired) electrons.